The van der Waals surface area contributed by atoms with Crippen LogP contribution in [0.3, 0.4) is 0 Å². The number of likely N-dealkylation sites (tertiary alicyclic amines) is 1. The van der Waals surface area contributed by atoms with E-state index in [0.717, 1.165) is 31.6 Å². The third-order valence-corrected chi connectivity index (χ3v) is 6.09. The van der Waals surface area contributed by atoms with Gasteiger partial charge in [0, 0.05) is 45.8 Å². The summed E-state index contributed by atoms with van der Waals surface area (Å²) in [7, 11) is 0. The van der Waals surface area contributed by atoms with E-state index in [4.69, 9.17) is 4.74 Å². The van der Waals surface area contributed by atoms with E-state index in [1.807, 2.05) is 47.1 Å². The zero-order valence-corrected chi connectivity index (χ0v) is 19.1. The van der Waals surface area contributed by atoms with Gasteiger partial charge < -0.3 is 19.9 Å². The minimum atomic E-state index is -0.141. The van der Waals surface area contributed by atoms with Crippen LogP contribution >= 0.6 is 0 Å². The van der Waals surface area contributed by atoms with Gasteiger partial charge >= 0.3 is 0 Å². The molecule has 32 heavy (non-hydrogen) atoms. The lowest BCUT2D eigenvalue weighted by Crippen LogP contribution is -2.48. The summed E-state index contributed by atoms with van der Waals surface area (Å²) in [5, 5.41) is 2.83. The van der Waals surface area contributed by atoms with E-state index in [1.165, 1.54) is 0 Å². The van der Waals surface area contributed by atoms with Gasteiger partial charge in [-0.2, -0.15) is 0 Å². The Morgan fingerprint density at radius 3 is 2.56 bits per heavy atom. The van der Waals surface area contributed by atoms with E-state index in [9.17, 15) is 14.4 Å². The summed E-state index contributed by atoms with van der Waals surface area (Å²) in [6.07, 6.45) is 2.84. The van der Waals surface area contributed by atoms with Gasteiger partial charge in [-0.05, 0) is 38.3 Å². The topological polar surface area (TPSA) is 82.2 Å². The van der Waals surface area contributed by atoms with Crippen LogP contribution in [0.15, 0.2) is 30.3 Å². The molecule has 8 heteroatoms. The van der Waals surface area contributed by atoms with E-state index >= 15 is 0 Å². The van der Waals surface area contributed by atoms with Crippen molar-refractivity contribution < 1.29 is 19.1 Å². The number of carbonyl (C=O) groups is 3. The zero-order chi connectivity index (χ0) is 22.8. The first-order valence-electron chi connectivity index (χ1n) is 11.8. The maximum Gasteiger partial charge on any atom is 0.234 e. The van der Waals surface area contributed by atoms with Crippen LogP contribution < -0.4 is 10.1 Å². The molecule has 1 unspecified atom stereocenters. The van der Waals surface area contributed by atoms with Crippen molar-refractivity contribution in [2.45, 2.75) is 32.6 Å². The lowest BCUT2D eigenvalue weighted by Gasteiger charge is -2.35. The molecule has 1 aromatic carbocycles. The zero-order valence-electron chi connectivity index (χ0n) is 19.1. The van der Waals surface area contributed by atoms with Crippen LogP contribution in [0.25, 0.3) is 0 Å². The van der Waals surface area contributed by atoms with Crippen molar-refractivity contribution in [3.63, 3.8) is 0 Å². The smallest absolute Gasteiger partial charge is 0.234 e. The SMILES string of the molecule is CCNC(=O)CN1CCCN(C(=O)C2CCCN(C(=O)CCOc3ccccc3)C2)CC1. The quantitative estimate of drug-likeness (QED) is 0.655. The number of carbonyl (C=O) groups excluding carboxylic acids is 3. The van der Waals surface area contributed by atoms with E-state index in [0.29, 0.717) is 58.8 Å². The monoisotopic (exact) mass is 444 g/mol. The summed E-state index contributed by atoms with van der Waals surface area (Å²) in [6, 6.07) is 9.48. The molecule has 2 saturated heterocycles. The third-order valence-electron chi connectivity index (χ3n) is 6.09. The third kappa shape index (κ3) is 7.22. The normalized spacial score (nSPS) is 19.8. The first-order valence-corrected chi connectivity index (χ1v) is 11.8. The number of hydrogen-bond donors (Lipinski definition) is 1. The molecule has 2 aliphatic heterocycles. The van der Waals surface area contributed by atoms with Gasteiger partial charge in [0.2, 0.25) is 17.7 Å². The molecule has 176 valence electrons. The van der Waals surface area contributed by atoms with Gasteiger partial charge in [0.1, 0.15) is 5.75 Å². The number of nitrogens with zero attached hydrogens (tertiary/aromatic N) is 3. The Hall–Kier alpha value is -2.61. The fourth-order valence-electron chi connectivity index (χ4n) is 4.40. The highest BCUT2D eigenvalue weighted by molar-refractivity contribution is 5.81. The molecular weight excluding hydrogens is 408 g/mol. The Morgan fingerprint density at radius 1 is 1.00 bits per heavy atom. The van der Waals surface area contributed by atoms with E-state index < -0.39 is 0 Å². The van der Waals surface area contributed by atoms with Crippen molar-refractivity contribution in [1.29, 1.82) is 0 Å². The number of ether oxygens (including phenoxy) is 1. The standard InChI is InChI=1S/C24H36N4O4/c1-2-25-22(29)19-26-12-7-14-27(16-15-26)24(31)20-8-6-13-28(18-20)23(30)11-17-32-21-9-4-3-5-10-21/h3-5,9-10,20H,2,6-8,11-19H2,1H3,(H,25,29). The first-order chi connectivity index (χ1) is 15.6. The largest absolute Gasteiger partial charge is 0.493 e. The van der Waals surface area contributed by atoms with Crippen molar-refractivity contribution in [1.82, 2.24) is 20.0 Å². The number of benzene rings is 1. The van der Waals surface area contributed by atoms with Crippen LogP contribution in [0, 0.1) is 5.92 Å². The molecule has 3 amide bonds. The lowest BCUT2D eigenvalue weighted by atomic mass is 9.96. The molecule has 2 fully saturated rings. The van der Waals surface area contributed by atoms with Crippen molar-refractivity contribution in [2.75, 3.05) is 59.0 Å². The van der Waals surface area contributed by atoms with Gasteiger partial charge in [-0.15, -0.1) is 0 Å². The van der Waals surface area contributed by atoms with E-state index in [2.05, 4.69) is 10.2 Å². The number of rotatable bonds is 8. The Balaban J connectivity index is 1.44. The average Bonchev–Trinajstić information content (AvgIpc) is 3.05. The Morgan fingerprint density at radius 2 is 1.78 bits per heavy atom. The summed E-state index contributed by atoms with van der Waals surface area (Å²) < 4.78 is 5.65. The highest BCUT2D eigenvalue weighted by Crippen LogP contribution is 2.21. The van der Waals surface area contributed by atoms with Crippen molar-refractivity contribution in [3.05, 3.63) is 30.3 Å². The van der Waals surface area contributed by atoms with Gasteiger partial charge in [0.05, 0.1) is 25.5 Å². The van der Waals surface area contributed by atoms with Gasteiger partial charge in [-0.1, -0.05) is 18.2 Å². The Kier molecular flexibility index (Phi) is 9.34. The molecule has 0 aromatic heterocycles. The maximum atomic E-state index is 13.2. The summed E-state index contributed by atoms with van der Waals surface area (Å²) in [5.41, 5.74) is 0. The molecule has 0 aliphatic carbocycles. The minimum absolute atomic E-state index is 0.0324. The Bertz CT molecular complexity index is 758. The second kappa shape index (κ2) is 12.4. The number of para-hydroxylation sites is 1. The molecule has 8 nitrogen and oxygen atoms in total. The molecule has 2 heterocycles. The summed E-state index contributed by atoms with van der Waals surface area (Å²) in [4.78, 5) is 43.6. The van der Waals surface area contributed by atoms with Gasteiger partial charge in [0.15, 0.2) is 0 Å². The van der Waals surface area contributed by atoms with Crippen molar-refractivity contribution in [3.8, 4) is 5.75 Å². The van der Waals surface area contributed by atoms with Crippen LogP contribution in [0.4, 0.5) is 0 Å². The molecule has 2 aliphatic rings. The summed E-state index contributed by atoms with van der Waals surface area (Å²) in [6.45, 7) is 7.32. The second-order valence-electron chi connectivity index (χ2n) is 8.50. The molecule has 0 bridgehead atoms. The maximum absolute atomic E-state index is 13.2. The lowest BCUT2D eigenvalue weighted by molar-refractivity contribution is -0.141. The predicted molar refractivity (Wildman–Crippen MR) is 122 cm³/mol. The molecule has 0 saturated carbocycles. The first kappa shape index (κ1) is 24.0. The fourth-order valence-corrected chi connectivity index (χ4v) is 4.40. The number of nitrogens with one attached hydrogen (secondary N) is 1. The molecule has 0 spiro atoms. The van der Waals surface area contributed by atoms with Crippen LogP contribution in [0.1, 0.15) is 32.6 Å². The van der Waals surface area contributed by atoms with Crippen LogP contribution in [0.5, 0.6) is 5.75 Å². The van der Waals surface area contributed by atoms with Crippen LogP contribution in [0.2, 0.25) is 0 Å². The second-order valence-corrected chi connectivity index (χ2v) is 8.50. The Labute approximate surface area is 190 Å². The highest BCUT2D eigenvalue weighted by atomic mass is 16.5. The van der Waals surface area contributed by atoms with Gasteiger partial charge in [-0.3, -0.25) is 19.3 Å². The number of piperidine rings is 1. The summed E-state index contributed by atoms with van der Waals surface area (Å²) >= 11 is 0. The van der Waals surface area contributed by atoms with Gasteiger partial charge in [-0.25, -0.2) is 0 Å². The number of likely N-dealkylation sites (N-methyl/N-ethyl adjacent to an activating group) is 1. The van der Waals surface area contributed by atoms with Gasteiger partial charge in [0.25, 0.3) is 0 Å². The number of hydrogen-bond acceptors (Lipinski definition) is 5. The van der Waals surface area contributed by atoms with Crippen LogP contribution in [-0.2, 0) is 14.4 Å². The van der Waals surface area contributed by atoms with E-state index in [1.54, 1.807) is 0 Å². The molecular formula is C24H36N4O4. The minimum Gasteiger partial charge on any atom is -0.493 e. The fraction of sp³-hybridized carbons (Fsp3) is 0.625. The van der Waals surface area contributed by atoms with Crippen molar-refractivity contribution in [2.24, 2.45) is 5.92 Å². The molecule has 1 aromatic rings. The van der Waals surface area contributed by atoms with Crippen LogP contribution in [-0.4, -0.2) is 91.4 Å². The molecule has 1 atom stereocenters. The molecule has 3 rings (SSSR count). The predicted octanol–water partition coefficient (Wildman–Crippen LogP) is 1.36. The molecule has 1 N–H and O–H groups in total. The summed E-state index contributed by atoms with van der Waals surface area (Å²) in [5.74, 6) is 0.835. The average molecular weight is 445 g/mol. The highest BCUT2D eigenvalue weighted by Gasteiger charge is 2.32. The number of amides is 3. The molecule has 0 radical (unpaired) electrons. The van der Waals surface area contributed by atoms with E-state index in [-0.39, 0.29) is 23.6 Å². The van der Waals surface area contributed by atoms with Crippen molar-refractivity contribution >= 4 is 17.7 Å².